The van der Waals surface area contributed by atoms with Crippen molar-refractivity contribution in [3.05, 3.63) is 151 Å². The maximum Gasteiger partial charge on any atom is 0.339 e. The van der Waals surface area contributed by atoms with Crippen molar-refractivity contribution in [1.82, 2.24) is 0 Å². The number of anilines is 4. The number of benzene rings is 7. The lowest BCUT2D eigenvalue weighted by atomic mass is 9.93. The van der Waals surface area contributed by atoms with E-state index in [0.29, 0.717) is 39.2 Å². The number of fused-ring (bicyclic) bond motifs is 2. The highest BCUT2D eigenvalue weighted by Gasteiger charge is 2.32. The Morgan fingerprint density at radius 2 is 1.00 bits per heavy atom. The zero-order valence-corrected chi connectivity index (χ0v) is 47.5. The molecule has 0 aromatic heterocycles. The Balaban J connectivity index is 1.33. The second-order valence-corrected chi connectivity index (χ2v) is 25.4. The predicted molar refractivity (Wildman–Crippen MR) is 298 cm³/mol. The molecular weight excluding hydrogens is 1120 g/mol. The van der Waals surface area contributed by atoms with Crippen molar-refractivity contribution in [2.75, 3.05) is 14.8 Å². The van der Waals surface area contributed by atoms with Gasteiger partial charge in [-0.05, 0) is 161 Å². The lowest BCUT2D eigenvalue weighted by Gasteiger charge is -2.22. The van der Waals surface area contributed by atoms with Gasteiger partial charge in [0.05, 0.1) is 32.2 Å². The minimum absolute atomic E-state index is 0.0208. The fourth-order valence-corrected chi connectivity index (χ4v) is 15.1. The van der Waals surface area contributed by atoms with Crippen LogP contribution in [0.3, 0.4) is 0 Å². The number of hydrogen-bond donors (Lipinski definition) is 9. The zero-order valence-electron chi connectivity index (χ0n) is 44.3. The molecule has 0 fully saturated rings. The molecule has 0 amide bonds. The van der Waals surface area contributed by atoms with Gasteiger partial charge in [-0.15, -0.1) is 0 Å². The Morgan fingerprint density at radius 1 is 0.512 bits per heavy atom. The minimum Gasteiger partial charge on any atom is -0.507 e. The minimum atomic E-state index is -5.23. The lowest BCUT2D eigenvalue weighted by Crippen LogP contribution is -2.19. The molecule has 6 aromatic rings. The summed E-state index contributed by atoms with van der Waals surface area (Å²) in [7, 11) is -19.3. The molecule has 418 valence electrons. The summed E-state index contributed by atoms with van der Waals surface area (Å²) in [6, 6.07) is 17.4. The van der Waals surface area contributed by atoms with E-state index in [0.717, 1.165) is 24.3 Å². The summed E-state index contributed by atoms with van der Waals surface area (Å²) in [6.07, 6.45) is 0. The topological polar surface area (TPSA) is 354 Å². The van der Waals surface area contributed by atoms with Crippen LogP contribution >= 0.6 is 0 Å². The van der Waals surface area contributed by atoms with Gasteiger partial charge in [0, 0.05) is 45.6 Å². The van der Waals surface area contributed by atoms with Crippen LogP contribution in [-0.4, -0.2) is 75.1 Å². The second-order valence-electron chi connectivity index (χ2n) is 19.3. The number of nitrogens with one attached hydrogen (secondary N) is 3. The molecule has 1 aliphatic heterocycles. The number of carboxylic acid groups (broad SMARTS) is 2. The summed E-state index contributed by atoms with van der Waals surface area (Å²) in [6.45, 7) is 15.1. The van der Waals surface area contributed by atoms with Gasteiger partial charge < -0.3 is 30.2 Å². The first-order valence-corrected chi connectivity index (χ1v) is 29.7. The average molecular weight is 1170 g/mol. The monoisotopic (exact) mass is 1170 g/mol. The molecular formula is C55H52N4O17S4. The third-order valence-corrected chi connectivity index (χ3v) is 18.8. The number of aryl methyl sites for hydroxylation is 6. The SMILES string of the molecule is Cc1cc(C)c(NS(=O)(=O)c2c(C)cc(O)c(C(=O)O)c2C)c(C)c1N=c1cc2oc3cc(Nc4c(C)cc(C)c(NS(=O)(=O)c5c(C)cc(O)c(C(=O)O)c5C)c4C)ccc3c(-c3ccccc3S(=O)(=O)O)c-2cc1S(=O)(=O)O. The summed E-state index contributed by atoms with van der Waals surface area (Å²) in [5.41, 5.74) is 1.73. The number of sulfonamides is 2. The molecule has 0 unspecified atom stereocenters. The Labute approximate surface area is 459 Å². The van der Waals surface area contributed by atoms with Gasteiger partial charge in [0.15, 0.2) is 0 Å². The summed E-state index contributed by atoms with van der Waals surface area (Å²) in [5, 5.41) is 43.4. The zero-order chi connectivity index (χ0) is 59.2. The molecule has 0 radical (unpaired) electrons. The molecule has 0 atom stereocenters. The summed E-state index contributed by atoms with van der Waals surface area (Å²) < 4.78 is 143. The van der Waals surface area contributed by atoms with Crippen LogP contribution in [0.1, 0.15) is 76.4 Å². The molecule has 21 nitrogen and oxygen atoms in total. The number of carboxylic acids is 2. The van der Waals surface area contributed by atoms with Crippen LogP contribution < -0.4 is 20.1 Å². The van der Waals surface area contributed by atoms with Gasteiger partial charge >= 0.3 is 11.9 Å². The fourth-order valence-electron chi connectivity index (χ4n) is 10.4. The lowest BCUT2D eigenvalue weighted by molar-refractivity contribution is 0.0681. The van der Waals surface area contributed by atoms with Gasteiger partial charge in [0.25, 0.3) is 40.3 Å². The Bertz CT molecular complexity index is 4570. The van der Waals surface area contributed by atoms with Crippen LogP contribution in [0, 0.1) is 69.2 Å². The van der Waals surface area contributed by atoms with Crippen molar-refractivity contribution in [2.45, 2.75) is 88.8 Å². The van der Waals surface area contributed by atoms with Crippen molar-refractivity contribution >= 4 is 91.6 Å². The van der Waals surface area contributed by atoms with E-state index in [1.54, 1.807) is 52.8 Å². The molecule has 9 N–H and O–H groups in total. The van der Waals surface area contributed by atoms with E-state index in [4.69, 9.17) is 4.42 Å². The van der Waals surface area contributed by atoms with Crippen LogP contribution in [0.2, 0.25) is 0 Å². The van der Waals surface area contributed by atoms with Crippen molar-refractivity contribution in [3.63, 3.8) is 0 Å². The summed E-state index contributed by atoms with van der Waals surface area (Å²) in [5.74, 6) is -4.47. The van der Waals surface area contributed by atoms with E-state index in [1.807, 2.05) is 0 Å². The predicted octanol–water partition coefficient (Wildman–Crippen LogP) is 10.2. The highest BCUT2D eigenvalue weighted by molar-refractivity contribution is 7.93. The van der Waals surface area contributed by atoms with E-state index in [9.17, 15) is 72.8 Å². The van der Waals surface area contributed by atoms with Crippen molar-refractivity contribution < 1.29 is 77.2 Å². The average Bonchev–Trinajstić information content (AvgIpc) is 3.32. The number of aromatic carboxylic acids is 2. The molecule has 8 rings (SSSR count). The Hall–Kier alpha value is -8.33. The number of hydrogen-bond acceptors (Lipinski definition) is 15. The van der Waals surface area contributed by atoms with Crippen molar-refractivity contribution in [2.24, 2.45) is 4.99 Å². The first kappa shape index (κ1) is 57.8. The third-order valence-electron chi connectivity index (χ3n) is 13.7. The van der Waals surface area contributed by atoms with Gasteiger partial charge in [0.2, 0.25) is 0 Å². The molecule has 0 spiro atoms. The molecule has 1 heterocycles. The van der Waals surface area contributed by atoms with Crippen LogP contribution in [0.15, 0.2) is 108 Å². The highest BCUT2D eigenvalue weighted by Crippen LogP contribution is 2.45. The van der Waals surface area contributed by atoms with E-state index in [2.05, 4.69) is 19.8 Å². The maximum absolute atomic E-state index is 14.2. The van der Waals surface area contributed by atoms with Gasteiger partial charge in [-0.25, -0.2) is 31.4 Å². The van der Waals surface area contributed by atoms with Crippen LogP contribution in [-0.2, 0) is 40.3 Å². The quantitative estimate of drug-likeness (QED) is 0.0361. The molecule has 2 aliphatic rings. The maximum atomic E-state index is 14.2. The first-order valence-electron chi connectivity index (χ1n) is 23.9. The van der Waals surface area contributed by atoms with Gasteiger partial charge in [0.1, 0.15) is 43.8 Å². The van der Waals surface area contributed by atoms with Crippen LogP contribution in [0.5, 0.6) is 11.5 Å². The van der Waals surface area contributed by atoms with Crippen LogP contribution in [0.4, 0.5) is 28.4 Å². The smallest absolute Gasteiger partial charge is 0.339 e. The van der Waals surface area contributed by atoms with E-state index in [1.165, 1.54) is 71.0 Å². The van der Waals surface area contributed by atoms with E-state index >= 15 is 0 Å². The molecule has 6 aromatic carbocycles. The number of carbonyl (C=O) groups is 2. The van der Waals surface area contributed by atoms with Crippen LogP contribution in [0.25, 0.3) is 33.4 Å². The normalized spacial score (nSPS) is 12.5. The molecule has 0 bridgehead atoms. The molecule has 0 saturated carbocycles. The summed E-state index contributed by atoms with van der Waals surface area (Å²) >= 11 is 0. The van der Waals surface area contributed by atoms with Crippen molar-refractivity contribution in [1.29, 1.82) is 0 Å². The second kappa shape index (κ2) is 20.4. The van der Waals surface area contributed by atoms with Gasteiger partial charge in [-0.1, -0.05) is 30.3 Å². The standard InChI is InChI=1S/C55H52N4O17S4/c1-24-17-26(3)50(58-77(66,67)52-28(5)19-39(60)45(30(52)7)54(62)63)32(9)48(24)56-34-15-16-35-41(21-34)76-42-23-38(44(80(73,74)75)22-37(42)47(35)36-13-11-12-14-43(36)79(70,71)72)57-49-25(2)18-27(4)51(33(49)10)59-78(68,69)53-29(6)20-40(61)46(31(53)8)55(64)65/h11-23,56,58-61H,1-10H3,(H,62,63)(H,64,65)(H,70,71,72)(H,73,74,75). The fraction of sp³-hybridized carbons (Fsp3) is 0.182. The summed E-state index contributed by atoms with van der Waals surface area (Å²) in [4.78, 5) is 26.6. The Morgan fingerprint density at radius 3 is 1.51 bits per heavy atom. The van der Waals surface area contributed by atoms with Crippen molar-refractivity contribution in [3.8, 4) is 33.9 Å². The first-order chi connectivity index (χ1) is 37.0. The molecule has 80 heavy (non-hydrogen) atoms. The number of rotatable bonds is 14. The number of nitrogens with zero attached hydrogens (tertiary/aromatic N) is 1. The molecule has 0 saturated heterocycles. The number of phenols is 2. The van der Waals surface area contributed by atoms with Gasteiger partial charge in [-0.3, -0.25) is 18.5 Å². The molecule has 25 heteroatoms. The van der Waals surface area contributed by atoms with E-state index in [-0.39, 0.29) is 83.2 Å². The Kier molecular flexibility index (Phi) is 14.7. The van der Waals surface area contributed by atoms with E-state index < -0.39 is 94.9 Å². The third kappa shape index (κ3) is 10.4. The number of aromatic hydroxyl groups is 2. The van der Waals surface area contributed by atoms with Gasteiger partial charge in [-0.2, -0.15) is 16.8 Å². The largest absolute Gasteiger partial charge is 0.507 e. The molecule has 1 aliphatic carbocycles. The highest BCUT2D eigenvalue weighted by atomic mass is 32.2.